The molecule has 1 N–H and O–H groups in total. The van der Waals surface area contributed by atoms with Gasteiger partial charge >= 0.3 is 0 Å². The lowest BCUT2D eigenvalue weighted by molar-refractivity contribution is 0.549. The van der Waals surface area contributed by atoms with E-state index in [1.165, 1.54) is 19.6 Å². The predicted octanol–water partition coefficient (Wildman–Crippen LogP) is 4.91. The van der Waals surface area contributed by atoms with Gasteiger partial charge in [0.2, 0.25) is 0 Å². The van der Waals surface area contributed by atoms with Crippen LogP contribution < -0.4 is 5.32 Å². The highest BCUT2D eigenvalue weighted by Gasteiger charge is 2.11. The van der Waals surface area contributed by atoms with Crippen molar-refractivity contribution in [1.82, 2.24) is 5.32 Å². The van der Waals surface area contributed by atoms with Crippen molar-refractivity contribution in [3.8, 4) is 0 Å². The molecule has 2 rings (SSSR count). The van der Waals surface area contributed by atoms with E-state index in [4.69, 9.17) is 0 Å². The van der Waals surface area contributed by atoms with Crippen LogP contribution in [0.15, 0.2) is 53.4 Å². The Morgan fingerprint density at radius 2 is 1.70 bits per heavy atom. The highest BCUT2D eigenvalue weighted by molar-refractivity contribution is 14.1. The van der Waals surface area contributed by atoms with Gasteiger partial charge in [-0.2, -0.15) is 0 Å². The van der Waals surface area contributed by atoms with Crippen LogP contribution in [0, 0.1) is 3.57 Å². The van der Waals surface area contributed by atoms with E-state index in [2.05, 4.69) is 89.6 Å². The highest BCUT2D eigenvalue weighted by Crippen LogP contribution is 2.22. The van der Waals surface area contributed by atoms with Gasteiger partial charge in [-0.25, -0.2) is 0 Å². The highest BCUT2D eigenvalue weighted by atomic mass is 127. The Hall–Kier alpha value is -0.520. The predicted molar refractivity (Wildman–Crippen MR) is 97.5 cm³/mol. The maximum atomic E-state index is 3.59. The molecule has 0 fully saturated rings. The summed E-state index contributed by atoms with van der Waals surface area (Å²) in [4.78, 5) is 1.32. The Morgan fingerprint density at radius 3 is 2.25 bits per heavy atom. The van der Waals surface area contributed by atoms with Gasteiger partial charge in [-0.1, -0.05) is 31.2 Å². The van der Waals surface area contributed by atoms with Gasteiger partial charge in [0.1, 0.15) is 0 Å². The minimum atomic E-state index is 0.385. The van der Waals surface area contributed by atoms with Crippen molar-refractivity contribution in [2.45, 2.75) is 24.3 Å². The van der Waals surface area contributed by atoms with E-state index < -0.39 is 0 Å². The van der Waals surface area contributed by atoms with E-state index in [1.54, 1.807) is 11.8 Å². The summed E-state index contributed by atoms with van der Waals surface area (Å²) in [7, 11) is 0. The zero-order chi connectivity index (χ0) is 14.4. The molecule has 2 aromatic rings. The summed E-state index contributed by atoms with van der Waals surface area (Å²) in [6.45, 7) is 3.15. The van der Waals surface area contributed by atoms with E-state index in [0.717, 1.165) is 13.0 Å². The van der Waals surface area contributed by atoms with Crippen molar-refractivity contribution in [3.05, 3.63) is 63.2 Å². The SMILES string of the molecule is CCNC(Cc1ccc(I)cc1)c1ccc(SC)cc1. The fraction of sp³-hybridized carbons (Fsp3) is 0.294. The van der Waals surface area contributed by atoms with Crippen LogP contribution >= 0.6 is 34.4 Å². The van der Waals surface area contributed by atoms with Gasteiger partial charge in [-0.3, -0.25) is 0 Å². The van der Waals surface area contributed by atoms with Crippen molar-refractivity contribution in [3.63, 3.8) is 0 Å². The fourth-order valence-electron chi connectivity index (χ4n) is 2.25. The van der Waals surface area contributed by atoms with Crippen LogP contribution in [-0.2, 0) is 6.42 Å². The van der Waals surface area contributed by atoms with Crippen molar-refractivity contribution >= 4 is 34.4 Å². The lowest BCUT2D eigenvalue weighted by Crippen LogP contribution is -2.22. The second kappa shape index (κ2) is 8.05. The second-order valence-corrected chi connectivity index (χ2v) is 6.84. The normalized spacial score (nSPS) is 12.3. The van der Waals surface area contributed by atoms with Gasteiger partial charge in [-0.15, -0.1) is 11.8 Å². The molecule has 1 atom stereocenters. The van der Waals surface area contributed by atoms with Crippen molar-refractivity contribution in [2.24, 2.45) is 0 Å². The van der Waals surface area contributed by atoms with E-state index in [9.17, 15) is 0 Å². The average Bonchev–Trinajstić information content (AvgIpc) is 2.49. The van der Waals surface area contributed by atoms with Gasteiger partial charge in [-0.05, 0) is 77.2 Å². The molecule has 1 nitrogen and oxygen atoms in total. The van der Waals surface area contributed by atoms with Gasteiger partial charge in [0.05, 0.1) is 0 Å². The summed E-state index contributed by atoms with van der Waals surface area (Å²) < 4.78 is 1.29. The standard InChI is InChI=1S/C17H20INS/c1-3-19-17(12-13-4-8-15(18)9-5-13)14-6-10-16(20-2)11-7-14/h4-11,17,19H,3,12H2,1-2H3. The molecule has 20 heavy (non-hydrogen) atoms. The number of likely N-dealkylation sites (N-methyl/N-ethyl adjacent to an activating group) is 1. The largest absolute Gasteiger partial charge is 0.310 e. The van der Waals surface area contributed by atoms with Crippen LogP contribution in [0.5, 0.6) is 0 Å². The molecule has 0 aliphatic rings. The molecule has 0 radical (unpaired) electrons. The molecule has 0 saturated carbocycles. The quantitative estimate of drug-likeness (QED) is 0.549. The lowest BCUT2D eigenvalue weighted by atomic mass is 9.99. The van der Waals surface area contributed by atoms with Crippen LogP contribution in [0.25, 0.3) is 0 Å². The number of rotatable bonds is 6. The fourth-order valence-corrected chi connectivity index (χ4v) is 3.01. The Morgan fingerprint density at radius 1 is 1.05 bits per heavy atom. The molecular weight excluding hydrogens is 377 g/mol. The summed E-state index contributed by atoms with van der Waals surface area (Å²) in [6.07, 6.45) is 3.14. The van der Waals surface area contributed by atoms with Crippen molar-refractivity contribution in [2.75, 3.05) is 12.8 Å². The Balaban J connectivity index is 2.14. The van der Waals surface area contributed by atoms with E-state index in [1.807, 2.05) is 0 Å². The molecule has 0 aliphatic carbocycles. The summed E-state index contributed by atoms with van der Waals surface area (Å²) in [5.41, 5.74) is 2.74. The Kier molecular flexibility index (Phi) is 6.39. The first-order valence-corrected chi connectivity index (χ1v) is 9.15. The summed E-state index contributed by atoms with van der Waals surface area (Å²) in [5, 5.41) is 3.59. The number of hydrogen-bond donors (Lipinski definition) is 1. The summed E-state index contributed by atoms with van der Waals surface area (Å²) in [6, 6.07) is 18.1. The first-order chi connectivity index (χ1) is 9.72. The van der Waals surface area contributed by atoms with Crippen LogP contribution in [0.4, 0.5) is 0 Å². The smallest absolute Gasteiger partial charge is 0.0360 e. The summed E-state index contributed by atoms with van der Waals surface area (Å²) >= 11 is 4.14. The monoisotopic (exact) mass is 397 g/mol. The maximum absolute atomic E-state index is 3.59. The Labute approximate surface area is 139 Å². The van der Waals surface area contributed by atoms with Crippen LogP contribution in [-0.4, -0.2) is 12.8 Å². The molecule has 106 valence electrons. The molecule has 0 aromatic heterocycles. The molecule has 0 aliphatic heterocycles. The molecule has 0 amide bonds. The number of benzene rings is 2. The molecule has 3 heteroatoms. The third kappa shape index (κ3) is 4.50. The molecule has 0 saturated heterocycles. The van der Waals surface area contributed by atoms with Crippen LogP contribution in [0.1, 0.15) is 24.1 Å². The molecule has 2 aromatic carbocycles. The number of thioether (sulfide) groups is 1. The second-order valence-electron chi connectivity index (χ2n) is 4.71. The molecule has 0 heterocycles. The van der Waals surface area contributed by atoms with E-state index in [0.29, 0.717) is 6.04 Å². The zero-order valence-electron chi connectivity index (χ0n) is 11.9. The molecule has 0 spiro atoms. The minimum absolute atomic E-state index is 0.385. The third-order valence-electron chi connectivity index (χ3n) is 3.32. The maximum Gasteiger partial charge on any atom is 0.0360 e. The van der Waals surface area contributed by atoms with Crippen LogP contribution in [0.2, 0.25) is 0 Å². The summed E-state index contributed by atoms with van der Waals surface area (Å²) in [5.74, 6) is 0. The minimum Gasteiger partial charge on any atom is -0.310 e. The molecule has 1 unspecified atom stereocenters. The zero-order valence-corrected chi connectivity index (χ0v) is 14.9. The lowest BCUT2D eigenvalue weighted by Gasteiger charge is -2.19. The van der Waals surface area contributed by atoms with Crippen molar-refractivity contribution < 1.29 is 0 Å². The van der Waals surface area contributed by atoms with E-state index >= 15 is 0 Å². The molecule has 0 bridgehead atoms. The molecular formula is C17H20INS. The van der Waals surface area contributed by atoms with Gasteiger partial charge in [0, 0.05) is 14.5 Å². The third-order valence-corrected chi connectivity index (χ3v) is 4.78. The van der Waals surface area contributed by atoms with Gasteiger partial charge < -0.3 is 5.32 Å². The number of nitrogens with one attached hydrogen (secondary N) is 1. The first-order valence-electron chi connectivity index (χ1n) is 6.84. The van der Waals surface area contributed by atoms with Crippen LogP contribution in [0.3, 0.4) is 0 Å². The Bertz CT molecular complexity index is 522. The van der Waals surface area contributed by atoms with Crippen molar-refractivity contribution in [1.29, 1.82) is 0 Å². The average molecular weight is 397 g/mol. The number of halogens is 1. The topological polar surface area (TPSA) is 12.0 Å². The van der Waals surface area contributed by atoms with E-state index in [-0.39, 0.29) is 0 Å². The first kappa shape index (κ1) is 15.9. The van der Waals surface area contributed by atoms with Gasteiger partial charge in [0.25, 0.3) is 0 Å². The van der Waals surface area contributed by atoms with Gasteiger partial charge in [0.15, 0.2) is 0 Å². The number of hydrogen-bond acceptors (Lipinski definition) is 2.